The van der Waals surface area contributed by atoms with E-state index in [-0.39, 0.29) is 0 Å². The minimum atomic E-state index is 0.490. The van der Waals surface area contributed by atoms with Gasteiger partial charge in [0.2, 0.25) is 0 Å². The number of nitrogens with one attached hydrogen (secondary N) is 1. The van der Waals surface area contributed by atoms with Gasteiger partial charge in [-0.25, -0.2) is 0 Å². The zero-order valence-electron chi connectivity index (χ0n) is 13.2. The predicted molar refractivity (Wildman–Crippen MR) is 88.0 cm³/mol. The van der Waals surface area contributed by atoms with Crippen molar-refractivity contribution in [2.45, 2.75) is 72.3 Å². The van der Waals surface area contributed by atoms with E-state index in [9.17, 15) is 0 Å². The third-order valence-corrected chi connectivity index (χ3v) is 5.11. The third kappa shape index (κ3) is 6.09. The van der Waals surface area contributed by atoms with E-state index in [2.05, 4.69) is 50.5 Å². The van der Waals surface area contributed by atoms with Gasteiger partial charge >= 0.3 is 0 Å². The van der Waals surface area contributed by atoms with Gasteiger partial charge in [0.15, 0.2) is 0 Å². The highest BCUT2D eigenvalue weighted by molar-refractivity contribution is 7.09. The normalized spacial score (nSPS) is 14.8. The molecule has 110 valence electrons. The fourth-order valence-corrected chi connectivity index (χ4v) is 3.30. The summed E-state index contributed by atoms with van der Waals surface area (Å²) in [6.07, 6.45) is 7.89. The van der Waals surface area contributed by atoms with Gasteiger partial charge in [0.05, 0.1) is 0 Å². The van der Waals surface area contributed by atoms with Crippen LogP contribution in [0, 0.1) is 5.41 Å². The van der Waals surface area contributed by atoms with Crippen molar-refractivity contribution in [1.82, 2.24) is 5.32 Å². The van der Waals surface area contributed by atoms with Crippen LogP contribution in [0.4, 0.5) is 0 Å². The van der Waals surface area contributed by atoms with Gasteiger partial charge in [-0.2, -0.15) is 0 Å². The molecule has 1 rings (SSSR count). The van der Waals surface area contributed by atoms with Crippen LogP contribution < -0.4 is 5.32 Å². The Kier molecular flexibility index (Phi) is 7.70. The third-order valence-electron chi connectivity index (χ3n) is 4.18. The average molecular weight is 282 g/mol. The van der Waals surface area contributed by atoms with Gasteiger partial charge < -0.3 is 5.32 Å². The predicted octanol–water partition coefficient (Wildman–Crippen LogP) is 5.27. The molecule has 0 bridgehead atoms. The number of hydrogen-bond acceptors (Lipinski definition) is 2. The lowest BCUT2D eigenvalue weighted by molar-refractivity contribution is 0.207. The molecule has 1 aromatic rings. The molecular formula is C17H31NS. The molecule has 1 nitrogen and oxygen atoms in total. The van der Waals surface area contributed by atoms with Crippen LogP contribution >= 0.6 is 11.3 Å². The second kappa shape index (κ2) is 8.76. The van der Waals surface area contributed by atoms with Gasteiger partial charge in [-0.1, -0.05) is 46.6 Å². The molecule has 2 heteroatoms. The standard InChI is InChI=1S/C17H31NS/c1-5-7-11-17(6-2,14-18-15(3)4)12-10-16-9-8-13-19-16/h8-9,13,15,18H,5-7,10-12,14H2,1-4H3. The van der Waals surface area contributed by atoms with Crippen LogP contribution in [-0.4, -0.2) is 12.6 Å². The molecule has 0 fully saturated rings. The van der Waals surface area contributed by atoms with Crippen molar-refractivity contribution in [1.29, 1.82) is 0 Å². The van der Waals surface area contributed by atoms with Crippen molar-refractivity contribution in [3.63, 3.8) is 0 Å². The Balaban J connectivity index is 2.59. The zero-order chi connectivity index (χ0) is 14.1. The summed E-state index contributed by atoms with van der Waals surface area (Å²) in [6, 6.07) is 5.04. The minimum absolute atomic E-state index is 0.490. The van der Waals surface area contributed by atoms with E-state index in [1.807, 2.05) is 11.3 Å². The lowest BCUT2D eigenvalue weighted by atomic mass is 9.76. The van der Waals surface area contributed by atoms with Crippen LogP contribution in [0.1, 0.15) is 64.7 Å². The minimum Gasteiger partial charge on any atom is -0.314 e. The fourth-order valence-electron chi connectivity index (χ4n) is 2.60. The zero-order valence-corrected chi connectivity index (χ0v) is 14.0. The van der Waals surface area contributed by atoms with Crippen LogP contribution in [0.25, 0.3) is 0 Å². The molecule has 0 amide bonds. The topological polar surface area (TPSA) is 12.0 Å². The Hall–Kier alpha value is -0.340. The quantitative estimate of drug-likeness (QED) is 0.616. The van der Waals surface area contributed by atoms with Gasteiger partial charge in [-0.15, -0.1) is 11.3 Å². The molecule has 1 heterocycles. The van der Waals surface area contributed by atoms with E-state index in [1.165, 1.54) is 45.1 Å². The molecule has 0 saturated carbocycles. The van der Waals surface area contributed by atoms with Gasteiger partial charge in [-0.3, -0.25) is 0 Å². The SMILES string of the molecule is CCCCC(CC)(CCc1cccs1)CNC(C)C. The van der Waals surface area contributed by atoms with E-state index >= 15 is 0 Å². The van der Waals surface area contributed by atoms with E-state index in [4.69, 9.17) is 0 Å². The number of aryl methyl sites for hydroxylation is 1. The first-order valence-corrected chi connectivity index (χ1v) is 8.75. The first kappa shape index (κ1) is 16.7. The molecule has 0 saturated heterocycles. The van der Waals surface area contributed by atoms with Gasteiger partial charge in [0.25, 0.3) is 0 Å². The monoisotopic (exact) mass is 281 g/mol. The second-order valence-electron chi connectivity index (χ2n) is 6.07. The molecule has 1 unspecified atom stereocenters. The summed E-state index contributed by atoms with van der Waals surface area (Å²) in [5.41, 5.74) is 0.490. The lowest BCUT2D eigenvalue weighted by Crippen LogP contribution is -2.37. The summed E-state index contributed by atoms with van der Waals surface area (Å²) in [5, 5.41) is 5.88. The van der Waals surface area contributed by atoms with Crippen LogP contribution in [-0.2, 0) is 6.42 Å². The van der Waals surface area contributed by atoms with Gasteiger partial charge in [0, 0.05) is 17.5 Å². The maximum atomic E-state index is 3.68. The molecule has 19 heavy (non-hydrogen) atoms. The van der Waals surface area contributed by atoms with Crippen molar-refractivity contribution in [2.75, 3.05) is 6.54 Å². The van der Waals surface area contributed by atoms with Gasteiger partial charge in [-0.05, 0) is 42.5 Å². The number of hydrogen-bond donors (Lipinski definition) is 1. The summed E-state index contributed by atoms with van der Waals surface area (Å²) in [6.45, 7) is 10.3. The summed E-state index contributed by atoms with van der Waals surface area (Å²) in [4.78, 5) is 1.54. The van der Waals surface area contributed by atoms with Crippen molar-refractivity contribution >= 4 is 11.3 Å². The lowest BCUT2D eigenvalue weighted by Gasteiger charge is -2.34. The number of unbranched alkanes of at least 4 members (excludes halogenated alkanes) is 1. The Bertz CT molecular complexity index is 318. The number of thiophene rings is 1. The molecule has 0 spiro atoms. The highest BCUT2D eigenvalue weighted by Gasteiger charge is 2.27. The number of rotatable bonds is 10. The van der Waals surface area contributed by atoms with Crippen molar-refractivity contribution in [2.24, 2.45) is 5.41 Å². The summed E-state index contributed by atoms with van der Waals surface area (Å²) < 4.78 is 0. The summed E-state index contributed by atoms with van der Waals surface area (Å²) >= 11 is 1.90. The van der Waals surface area contributed by atoms with E-state index in [0.717, 1.165) is 0 Å². The molecule has 0 aromatic carbocycles. The van der Waals surface area contributed by atoms with Crippen molar-refractivity contribution in [3.05, 3.63) is 22.4 Å². The largest absolute Gasteiger partial charge is 0.314 e. The first-order chi connectivity index (χ1) is 9.12. The Morgan fingerprint density at radius 1 is 1.26 bits per heavy atom. The van der Waals surface area contributed by atoms with Gasteiger partial charge in [0.1, 0.15) is 0 Å². The summed E-state index contributed by atoms with van der Waals surface area (Å²) in [5.74, 6) is 0. The molecule has 0 aliphatic rings. The van der Waals surface area contributed by atoms with Crippen LogP contribution in [0.2, 0.25) is 0 Å². The van der Waals surface area contributed by atoms with Crippen molar-refractivity contribution in [3.8, 4) is 0 Å². The molecule has 1 N–H and O–H groups in total. The maximum Gasteiger partial charge on any atom is 0.00454 e. The Morgan fingerprint density at radius 3 is 2.58 bits per heavy atom. The Morgan fingerprint density at radius 2 is 2.05 bits per heavy atom. The molecular weight excluding hydrogens is 250 g/mol. The average Bonchev–Trinajstić information content (AvgIpc) is 2.92. The molecule has 0 aliphatic carbocycles. The van der Waals surface area contributed by atoms with E-state index in [1.54, 1.807) is 4.88 Å². The first-order valence-electron chi connectivity index (χ1n) is 7.87. The molecule has 0 aliphatic heterocycles. The smallest absolute Gasteiger partial charge is 0.00454 e. The van der Waals surface area contributed by atoms with E-state index in [0.29, 0.717) is 11.5 Å². The van der Waals surface area contributed by atoms with Crippen LogP contribution in [0.15, 0.2) is 17.5 Å². The highest BCUT2D eigenvalue weighted by Crippen LogP contribution is 2.34. The fraction of sp³-hybridized carbons (Fsp3) is 0.765. The Labute approximate surface area is 123 Å². The van der Waals surface area contributed by atoms with Crippen LogP contribution in [0.3, 0.4) is 0 Å². The van der Waals surface area contributed by atoms with Crippen molar-refractivity contribution < 1.29 is 0 Å². The van der Waals surface area contributed by atoms with Crippen LogP contribution in [0.5, 0.6) is 0 Å². The van der Waals surface area contributed by atoms with E-state index < -0.39 is 0 Å². The molecule has 1 atom stereocenters. The molecule has 1 aromatic heterocycles. The maximum absolute atomic E-state index is 3.68. The molecule has 0 radical (unpaired) electrons. The summed E-state index contributed by atoms with van der Waals surface area (Å²) in [7, 11) is 0. The highest BCUT2D eigenvalue weighted by atomic mass is 32.1. The second-order valence-corrected chi connectivity index (χ2v) is 7.10.